The van der Waals surface area contributed by atoms with Crippen LogP contribution in [-0.4, -0.2) is 9.67 Å². The van der Waals surface area contributed by atoms with Crippen LogP contribution in [0.5, 0.6) is 5.88 Å². The van der Waals surface area contributed by atoms with Crippen molar-refractivity contribution in [1.82, 2.24) is 4.57 Å². The lowest BCUT2D eigenvalue weighted by atomic mass is 10.0. The Hall–Kier alpha value is -3.33. The highest BCUT2D eigenvalue weighted by Gasteiger charge is 2.30. The van der Waals surface area contributed by atoms with E-state index in [1.807, 2.05) is 41.2 Å². The highest BCUT2D eigenvalue weighted by molar-refractivity contribution is 5.68. The molecule has 30 heavy (non-hydrogen) atoms. The van der Waals surface area contributed by atoms with Gasteiger partial charge in [0.15, 0.2) is 0 Å². The molecule has 152 valence electrons. The summed E-state index contributed by atoms with van der Waals surface area (Å²) in [6.45, 7) is 12.7. The fourth-order valence-corrected chi connectivity index (χ4v) is 4.75. The van der Waals surface area contributed by atoms with Crippen LogP contribution in [0.25, 0.3) is 22.6 Å². The first kappa shape index (κ1) is 20.0. The lowest BCUT2D eigenvalue weighted by molar-refractivity contribution is -0.603. The molecule has 3 aromatic carbocycles. The molecule has 0 saturated carbocycles. The Balaban J connectivity index is 2.09. The third-order valence-electron chi connectivity index (χ3n) is 5.71. The molecule has 0 saturated heterocycles. The van der Waals surface area contributed by atoms with E-state index >= 15 is 0 Å². The SMILES string of the molecule is Cc1cc(C)c(-n2c[n+](-c3c(C)cc(C)cc3C)c(O)c2-c2ccccc2)c(C)c1. The summed E-state index contributed by atoms with van der Waals surface area (Å²) in [6, 6.07) is 18.8. The summed E-state index contributed by atoms with van der Waals surface area (Å²) in [6.07, 6.45) is 2.02. The summed E-state index contributed by atoms with van der Waals surface area (Å²) in [5, 5.41) is 11.5. The van der Waals surface area contributed by atoms with E-state index in [0.717, 1.165) is 33.8 Å². The van der Waals surface area contributed by atoms with Gasteiger partial charge in [0.1, 0.15) is 11.4 Å². The first-order chi connectivity index (χ1) is 14.3. The number of aryl methyl sites for hydroxylation is 6. The second kappa shape index (κ2) is 7.49. The maximum Gasteiger partial charge on any atom is 0.336 e. The molecule has 0 radical (unpaired) electrons. The molecule has 4 rings (SSSR count). The van der Waals surface area contributed by atoms with Crippen molar-refractivity contribution in [1.29, 1.82) is 0 Å². The van der Waals surface area contributed by atoms with Crippen molar-refractivity contribution in [2.75, 3.05) is 0 Å². The fourth-order valence-electron chi connectivity index (χ4n) is 4.75. The molecule has 0 spiro atoms. The third kappa shape index (κ3) is 3.30. The van der Waals surface area contributed by atoms with Crippen molar-refractivity contribution in [3.8, 4) is 28.5 Å². The van der Waals surface area contributed by atoms with Gasteiger partial charge in [-0.1, -0.05) is 65.7 Å². The zero-order valence-corrected chi connectivity index (χ0v) is 18.6. The maximum absolute atomic E-state index is 11.5. The van der Waals surface area contributed by atoms with Crippen LogP contribution in [0.4, 0.5) is 0 Å². The average molecular weight is 398 g/mol. The van der Waals surface area contributed by atoms with Crippen molar-refractivity contribution in [2.45, 2.75) is 41.5 Å². The van der Waals surface area contributed by atoms with Crippen LogP contribution in [-0.2, 0) is 0 Å². The van der Waals surface area contributed by atoms with Gasteiger partial charge in [-0.05, 0) is 63.8 Å². The molecular formula is C27H29N2O+. The molecule has 1 heterocycles. The number of nitrogens with zero attached hydrogens (tertiary/aromatic N) is 2. The maximum atomic E-state index is 11.5. The predicted octanol–water partition coefficient (Wildman–Crippen LogP) is 5.98. The van der Waals surface area contributed by atoms with E-state index in [0.29, 0.717) is 0 Å². The summed E-state index contributed by atoms with van der Waals surface area (Å²) >= 11 is 0. The molecule has 3 nitrogen and oxygen atoms in total. The van der Waals surface area contributed by atoms with E-state index in [2.05, 4.69) is 70.4 Å². The minimum Gasteiger partial charge on any atom is -0.474 e. The Kier molecular flexibility index (Phi) is 4.98. The largest absolute Gasteiger partial charge is 0.474 e. The Morgan fingerprint density at radius 2 is 1.20 bits per heavy atom. The molecule has 0 fully saturated rings. The average Bonchev–Trinajstić information content (AvgIpc) is 2.97. The molecule has 0 bridgehead atoms. The Bertz CT molecular complexity index is 1200. The zero-order valence-electron chi connectivity index (χ0n) is 18.6. The van der Waals surface area contributed by atoms with E-state index in [-0.39, 0.29) is 5.88 Å². The first-order valence-electron chi connectivity index (χ1n) is 10.4. The standard InChI is InChI=1S/C27H28N2O/c1-17-12-19(3)24(20(4)13-17)28-16-29(25-21(5)14-18(2)15-22(25)6)27(30)26(28)23-10-8-7-9-11-23/h7-16H,1-6H3/p+1. The van der Waals surface area contributed by atoms with Gasteiger partial charge in [-0.3, -0.25) is 0 Å². The van der Waals surface area contributed by atoms with Crippen LogP contribution in [0.15, 0.2) is 60.9 Å². The highest BCUT2D eigenvalue weighted by Crippen LogP contribution is 2.34. The van der Waals surface area contributed by atoms with Gasteiger partial charge in [-0.25, -0.2) is 0 Å². The van der Waals surface area contributed by atoms with Gasteiger partial charge in [0.2, 0.25) is 5.69 Å². The Morgan fingerprint density at radius 1 is 0.700 bits per heavy atom. The van der Waals surface area contributed by atoms with Gasteiger partial charge >= 0.3 is 5.88 Å². The predicted molar refractivity (Wildman–Crippen MR) is 123 cm³/mol. The molecule has 0 atom stereocenters. The lowest BCUT2D eigenvalue weighted by Gasteiger charge is -2.09. The number of benzene rings is 3. The molecule has 1 N–H and O–H groups in total. The molecule has 1 aromatic heterocycles. The minimum absolute atomic E-state index is 0.246. The van der Waals surface area contributed by atoms with E-state index in [9.17, 15) is 5.11 Å². The summed E-state index contributed by atoms with van der Waals surface area (Å²) in [5.41, 5.74) is 11.0. The number of hydrogen-bond acceptors (Lipinski definition) is 1. The lowest BCUT2D eigenvalue weighted by Crippen LogP contribution is -2.31. The summed E-state index contributed by atoms with van der Waals surface area (Å²) in [4.78, 5) is 0. The van der Waals surface area contributed by atoms with Crippen LogP contribution in [0.3, 0.4) is 0 Å². The van der Waals surface area contributed by atoms with Crippen molar-refractivity contribution in [3.63, 3.8) is 0 Å². The van der Waals surface area contributed by atoms with Crippen molar-refractivity contribution < 1.29 is 9.67 Å². The van der Waals surface area contributed by atoms with Crippen molar-refractivity contribution in [2.24, 2.45) is 0 Å². The zero-order chi connectivity index (χ0) is 21.6. The number of rotatable bonds is 3. The minimum atomic E-state index is 0.246. The van der Waals surface area contributed by atoms with Gasteiger partial charge in [-0.2, -0.15) is 9.13 Å². The van der Waals surface area contributed by atoms with Crippen LogP contribution in [0.1, 0.15) is 33.4 Å². The topological polar surface area (TPSA) is 29.0 Å². The van der Waals surface area contributed by atoms with Gasteiger partial charge < -0.3 is 5.11 Å². The number of hydrogen-bond donors (Lipinski definition) is 1. The number of aromatic hydroxyl groups is 1. The van der Waals surface area contributed by atoms with E-state index in [4.69, 9.17) is 0 Å². The van der Waals surface area contributed by atoms with Crippen molar-refractivity contribution in [3.05, 3.63) is 94.3 Å². The quantitative estimate of drug-likeness (QED) is 0.424. The normalized spacial score (nSPS) is 11.1. The smallest absolute Gasteiger partial charge is 0.336 e. The number of imidazole rings is 1. The first-order valence-corrected chi connectivity index (χ1v) is 10.4. The van der Waals surface area contributed by atoms with Gasteiger partial charge in [0, 0.05) is 5.56 Å². The summed E-state index contributed by atoms with van der Waals surface area (Å²) < 4.78 is 4.05. The van der Waals surface area contributed by atoms with E-state index in [1.54, 1.807) is 0 Å². The van der Waals surface area contributed by atoms with Gasteiger partial charge in [0.25, 0.3) is 6.33 Å². The van der Waals surface area contributed by atoms with E-state index in [1.165, 1.54) is 22.3 Å². The molecular weight excluding hydrogens is 368 g/mol. The molecule has 3 heteroatoms. The van der Waals surface area contributed by atoms with Gasteiger partial charge in [0.05, 0.1) is 0 Å². The second-order valence-corrected chi connectivity index (χ2v) is 8.39. The molecule has 0 aliphatic carbocycles. The van der Waals surface area contributed by atoms with Crippen LogP contribution < -0.4 is 4.57 Å². The monoisotopic (exact) mass is 397 g/mol. The second-order valence-electron chi connectivity index (χ2n) is 8.39. The summed E-state index contributed by atoms with van der Waals surface area (Å²) in [7, 11) is 0. The molecule has 0 aliphatic heterocycles. The molecule has 0 amide bonds. The third-order valence-corrected chi connectivity index (χ3v) is 5.71. The van der Waals surface area contributed by atoms with Crippen LogP contribution >= 0.6 is 0 Å². The Morgan fingerprint density at radius 3 is 1.73 bits per heavy atom. The van der Waals surface area contributed by atoms with Crippen LogP contribution in [0.2, 0.25) is 0 Å². The Labute approximate surface area is 178 Å². The van der Waals surface area contributed by atoms with Crippen LogP contribution in [0, 0.1) is 41.5 Å². The fraction of sp³-hybridized carbons (Fsp3) is 0.222. The van der Waals surface area contributed by atoms with Gasteiger partial charge in [-0.15, -0.1) is 0 Å². The molecule has 4 aromatic rings. The van der Waals surface area contributed by atoms with E-state index < -0.39 is 0 Å². The number of aromatic nitrogens is 2. The highest BCUT2D eigenvalue weighted by atomic mass is 16.3. The van der Waals surface area contributed by atoms with Crippen molar-refractivity contribution >= 4 is 0 Å². The molecule has 0 unspecified atom stereocenters. The molecule has 0 aliphatic rings. The summed E-state index contributed by atoms with van der Waals surface area (Å²) in [5.74, 6) is 0.246.